The lowest BCUT2D eigenvalue weighted by Gasteiger charge is -2.34. The average Bonchev–Trinajstić information content (AvgIpc) is 2.86. The van der Waals surface area contributed by atoms with Gasteiger partial charge in [0.05, 0.1) is 11.9 Å². The van der Waals surface area contributed by atoms with Gasteiger partial charge in [-0.1, -0.05) is 72.3 Å². The van der Waals surface area contributed by atoms with Crippen LogP contribution in [-0.2, 0) is 32.6 Å². The minimum absolute atomic E-state index is 0.102. The molecule has 196 valence electrons. The summed E-state index contributed by atoms with van der Waals surface area (Å²) < 4.78 is 26.9. The number of nitrogens with one attached hydrogen (secondary N) is 1. The van der Waals surface area contributed by atoms with Gasteiger partial charge < -0.3 is 10.2 Å². The maximum Gasteiger partial charge on any atom is 0.244 e. The molecule has 2 amide bonds. The standard InChI is InChI=1S/C28H32ClN3O4S/c1-20-9-8-10-21(2)27(20)32(37(4,35)36)19-26(33)31(18-23-13-15-24(29)16-14-23)25(28(34)30-3)17-22-11-6-5-7-12-22/h5-16,25H,17-19H2,1-4H3,(H,30,34)/t25-/m1/s1. The Labute approximate surface area is 224 Å². The van der Waals surface area contributed by atoms with E-state index in [4.69, 9.17) is 11.6 Å². The van der Waals surface area contributed by atoms with Crippen molar-refractivity contribution in [2.24, 2.45) is 0 Å². The van der Waals surface area contributed by atoms with Crippen molar-refractivity contribution < 1.29 is 18.0 Å². The largest absolute Gasteiger partial charge is 0.357 e. The van der Waals surface area contributed by atoms with E-state index in [1.807, 2.05) is 36.4 Å². The molecule has 0 saturated heterocycles. The van der Waals surface area contributed by atoms with E-state index in [0.29, 0.717) is 10.7 Å². The molecular weight excluding hydrogens is 510 g/mol. The molecule has 1 N–H and O–H groups in total. The molecule has 0 radical (unpaired) electrons. The van der Waals surface area contributed by atoms with Gasteiger partial charge in [0.25, 0.3) is 0 Å². The van der Waals surface area contributed by atoms with E-state index in [0.717, 1.165) is 32.8 Å². The molecule has 0 spiro atoms. The van der Waals surface area contributed by atoms with Crippen LogP contribution in [0.3, 0.4) is 0 Å². The van der Waals surface area contributed by atoms with E-state index < -0.39 is 28.5 Å². The first-order valence-corrected chi connectivity index (χ1v) is 14.1. The number of aryl methyl sites for hydroxylation is 2. The van der Waals surface area contributed by atoms with Crippen LogP contribution < -0.4 is 9.62 Å². The van der Waals surface area contributed by atoms with Gasteiger partial charge >= 0.3 is 0 Å². The summed E-state index contributed by atoms with van der Waals surface area (Å²) in [4.78, 5) is 28.5. The number of likely N-dealkylation sites (N-methyl/N-ethyl adjacent to an activating group) is 1. The number of benzene rings is 3. The lowest BCUT2D eigenvalue weighted by Crippen LogP contribution is -2.53. The zero-order valence-corrected chi connectivity index (χ0v) is 23.0. The van der Waals surface area contributed by atoms with E-state index in [9.17, 15) is 18.0 Å². The third-order valence-corrected chi connectivity index (χ3v) is 7.52. The van der Waals surface area contributed by atoms with Crippen molar-refractivity contribution >= 4 is 39.1 Å². The summed E-state index contributed by atoms with van der Waals surface area (Å²) in [7, 11) is -2.29. The van der Waals surface area contributed by atoms with Crippen LogP contribution in [0, 0.1) is 13.8 Å². The van der Waals surface area contributed by atoms with E-state index >= 15 is 0 Å². The third-order valence-electron chi connectivity index (χ3n) is 6.15. The molecule has 7 nitrogen and oxygen atoms in total. The number of amides is 2. The van der Waals surface area contributed by atoms with E-state index in [-0.39, 0.29) is 18.9 Å². The van der Waals surface area contributed by atoms with Crippen molar-refractivity contribution in [3.05, 3.63) is 100 Å². The summed E-state index contributed by atoms with van der Waals surface area (Å²) in [6.07, 6.45) is 1.35. The molecule has 37 heavy (non-hydrogen) atoms. The molecule has 9 heteroatoms. The van der Waals surface area contributed by atoms with Crippen LogP contribution in [0.5, 0.6) is 0 Å². The molecule has 0 fully saturated rings. The first kappa shape index (κ1) is 28.2. The quantitative estimate of drug-likeness (QED) is 0.418. The number of sulfonamides is 1. The lowest BCUT2D eigenvalue weighted by molar-refractivity contribution is -0.139. The molecule has 0 aliphatic heterocycles. The van der Waals surface area contributed by atoms with Gasteiger partial charge in [0, 0.05) is 25.0 Å². The summed E-state index contributed by atoms with van der Waals surface area (Å²) >= 11 is 6.05. The van der Waals surface area contributed by atoms with Gasteiger partial charge in [-0.3, -0.25) is 13.9 Å². The Morgan fingerprint density at radius 1 is 0.892 bits per heavy atom. The Morgan fingerprint density at radius 2 is 1.49 bits per heavy atom. The summed E-state index contributed by atoms with van der Waals surface area (Å²) in [5.41, 5.74) is 3.56. The Balaban J connectivity index is 2.06. The summed E-state index contributed by atoms with van der Waals surface area (Å²) in [5, 5.41) is 3.21. The molecule has 3 rings (SSSR count). The Morgan fingerprint density at radius 3 is 2.03 bits per heavy atom. The molecule has 3 aromatic carbocycles. The number of para-hydroxylation sites is 1. The molecule has 0 aliphatic carbocycles. The van der Waals surface area contributed by atoms with Crippen molar-refractivity contribution in [2.45, 2.75) is 32.9 Å². The van der Waals surface area contributed by atoms with E-state index in [1.165, 1.54) is 11.9 Å². The Bertz CT molecular complexity index is 1330. The SMILES string of the molecule is CNC(=O)[C@@H](Cc1ccccc1)N(Cc1ccc(Cl)cc1)C(=O)CN(c1c(C)cccc1C)S(C)(=O)=O. The van der Waals surface area contributed by atoms with Gasteiger partial charge in [0.1, 0.15) is 12.6 Å². The fourth-order valence-corrected chi connectivity index (χ4v) is 5.37. The zero-order valence-electron chi connectivity index (χ0n) is 21.4. The van der Waals surface area contributed by atoms with E-state index in [1.54, 1.807) is 50.2 Å². The average molecular weight is 542 g/mol. The predicted molar refractivity (Wildman–Crippen MR) is 148 cm³/mol. The van der Waals surface area contributed by atoms with Crippen molar-refractivity contribution in [1.29, 1.82) is 0 Å². The normalized spacial score (nSPS) is 12.0. The number of anilines is 1. The molecule has 0 heterocycles. The minimum atomic E-state index is -3.81. The number of carbonyl (C=O) groups is 2. The summed E-state index contributed by atoms with van der Waals surface area (Å²) in [6.45, 7) is 3.27. The highest BCUT2D eigenvalue weighted by molar-refractivity contribution is 7.92. The first-order valence-electron chi connectivity index (χ1n) is 11.8. The van der Waals surface area contributed by atoms with Gasteiger partial charge in [0.15, 0.2) is 0 Å². The second-order valence-electron chi connectivity index (χ2n) is 8.98. The fourth-order valence-electron chi connectivity index (χ4n) is 4.28. The molecule has 0 saturated carbocycles. The number of carbonyl (C=O) groups excluding carboxylic acids is 2. The highest BCUT2D eigenvalue weighted by Gasteiger charge is 2.33. The monoisotopic (exact) mass is 541 g/mol. The number of hydrogen-bond acceptors (Lipinski definition) is 4. The summed E-state index contributed by atoms with van der Waals surface area (Å²) in [5.74, 6) is -0.836. The molecule has 0 aromatic heterocycles. The predicted octanol–water partition coefficient (Wildman–Crippen LogP) is 4.11. The van der Waals surface area contributed by atoms with E-state index in [2.05, 4.69) is 5.32 Å². The van der Waals surface area contributed by atoms with Crippen LogP contribution in [-0.4, -0.2) is 51.0 Å². The molecule has 1 atom stereocenters. The topological polar surface area (TPSA) is 86.8 Å². The summed E-state index contributed by atoms with van der Waals surface area (Å²) in [6, 6.07) is 21.0. The van der Waals surface area contributed by atoms with Crippen LogP contribution in [0.4, 0.5) is 5.69 Å². The highest BCUT2D eigenvalue weighted by Crippen LogP contribution is 2.27. The highest BCUT2D eigenvalue weighted by atomic mass is 35.5. The third kappa shape index (κ3) is 7.33. The van der Waals surface area contributed by atoms with Crippen molar-refractivity contribution in [3.8, 4) is 0 Å². The van der Waals surface area contributed by atoms with Crippen LogP contribution in [0.25, 0.3) is 0 Å². The second-order valence-corrected chi connectivity index (χ2v) is 11.3. The van der Waals surface area contributed by atoms with Crippen LogP contribution >= 0.6 is 11.6 Å². The lowest BCUT2D eigenvalue weighted by atomic mass is 10.0. The Kier molecular flexibility index (Phi) is 9.34. The van der Waals surface area contributed by atoms with Crippen molar-refractivity contribution in [1.82, 2.24) is 10.2 Å². The maximum atomic E-state index is 13.9. The van der Waals surface area contributed by atoms with Gasteiger partial charge in [0.2, 0.25) is 21.8 Å². The molecule has 3 aromatic rings. The van der Waals surface area contributed by atoms with Crippen LogP contribution in [0.2, 0.25) is 5.02 Å². The number of hydrogen-bond donors (Lipinski definition) is 1. The molecule has 0 aliphatic rings. The van der Waals surface area contributed by atoms with Crippen LogP contribution in [0.1, 0.15) is 22.3 Å². The van der Waals surface area contributed by atoms with Gasteiger partial charge in [-0.2, -0.15) is 0 Å². The zero-order chi connectivity index (χ0) is 27.2. The smallest absolute Gasteiger partial charge is 0.244 e. The Hall–Kier alpha value is -3.36. The van der Waals surface area contributed by atoms with Crippen LogP contribution in [0.15, 0.2) is 72.8 Å². The van der Waals surface area contributed by atoms with Crippen molar-refractivity contribution in [2.75, 3.05) is 24.2 Å². The number of rotatable bonds is 10. The van der Waals surface area contributed by atoms with Gasteiger partial charge in [-0.05, 0) is 48.2 Å². The molecular formula is C28H32ClN3O4S. The molecule has 0 unspecified atom stereocenters. The minimum Gasteiger partial charge on any atom is -0.357 e. The number of nitrogens with zero attached hydrogens (tertiary/aromatic N) is 2. The van der Waals surface area contributed by atoms with Gasteiger partial charge in [-0.25, -0.2) is 8.42 Å². The first-order chi connectivity index (χ1) is 17.5. The second kappa shape index (κ2) is 12.3. The fraction of sp³-hybridized carbons (Fsp3) is 0.286. The maximum absolute atomic E-state index is 13.9. The number of halogens is 1. The molecule has 0 bridgehead atoms. The van der Waals surface area contributed by atoms with Gasteiger partial charge in [-0.15, -0.1) is 0 Å². The van der Waals surface area contributed by atoms with Crippen molar-refractivity contribution in [3.63, 3.8) is 0 Å².